The minimum absolute atomic E-state index is 0.185. The van der Waals surface area contributed by atoms with Crippen molar-refractivity contribution in [3.05, 3.63) is 30.3 Å². The van der Waals surface area contributed by atoms with Crippen LogP contribution in [-0.2, 0) is 0 Å². The van der Waals surface area contributed by atoms with E-state index < -0.39 is 0 Å². The van der Waals surface area contributed by atoms with Crippen LogP contribution in [0.1, 0.15) is 19.8 Å². The number of nitrogens with one attached hydrogen (secondary N) is 1. The van der Waals surface area contributed by atoms with E-state index in [2.05, 4.69) is 22.5 Å². The molecule has 2 heterocycles. The summed E-state index contributed by atoms with van der Waals surface area (Å²) < 4.78 is 0. The van der Waals surface area contributed by atoms with Gasteiger partial charge in [-0.05, 0) is 37.0 Å². The predicted molar refractivity (Wildman–Crippen MR) is 87.3 cm³/mol. The van der Waals surface area contributed by atoms with Crippen molar-refractivity contribution >= 4 is 11.5 Å². The van der Waals surface area contributed by atoms with E-state index in [1.165, 1.54) is 6.42 Å². The summed E-state index contributed by atoms with van der Waals surface area (Å²) in [5, 5.41) is 20.2. The monoisotopic (exact) mass is 299 g/mol. The smallest absolute Gasteiger partial charge is 0.171 e. The van der Waals surface area contributed by atoms with E-state index in [1.54, 1.807) is 12.1 Å². The van der Waals surface area contributed by atoms with E-state index in [9.17, 15) is 5.11 Å². The number of nitrogen functional groups attached to an aromatic ring is 1. The van der Waals surface area contributed by atoms with Crippen molar-refractivity contribution in [3.63, 3.8) is 0 Å². The van der Waals surface area contributed by atoms with Gasteiger partial charge in [0.1, 0.15) is 5.75 Å². The highest BCUT2D eigenvalue weighted by Gasteiger charge is 2.18. The summed E-state index contributed by atoms with van der Waals surface area (Å²) >= 11 is 0. The maximum atomic E-state index is 9.99. The molecule has 1 aromatic heterocycles. The summed E-state index contributed by atoms with van der Waals surface area (Å²) in [6.45, 7) is 4.02. The third kappa shape index (κ3) is 2.96. The van der Waals surface area contributed by atoms with Crippen LogP contribution in [0.25, 0.3) is 11.3 Å². The van der Waals surface area contributed by atoms with Crippen molar-refractivity contribution in [3.8, 4) is 17.0 Å². The number of hydrogen-bond acceptors (Lipinski definition) is 6. The van der Waals surface area contributed by atoms with Crippen molar-refractivity contribution < 1.29 is 5.11 Å². The Morgan fingerprint density at radius 3 is 2.95 bits per heavy atom. The van der Waals surface area contributed by atoms with Gasteiger partial charge in [-0.1, -0.05) is 19.1 Å². The van der Waals surface area contributed by atoms with Crippen LogP contribution in [0.5, 0.6) is 5.75 Å². The summed E-state index contributed by atoms with van der Waals surface area (Å²) in [6, 6.07) is 8.97. The van der Waals surface area contributed by atoms with Crippen LogP contribution in [0.4, 0.5) is 11.5 Å². The number of phenols is 1. The second-order valence-corrected chi connectivity index (χ2v) is 5.78. The summed E-state index contributed by atoms with van der Waals surface area (Å²) in [4.78, 5) is 0. The molecule has 3 rings (SSSR count). The Hall–Kier alpha value is -2.34. The Kier molecular flexibility index (Phi) is 4.11. The molecule has 6 nitrogen and oxygen atoms in total. The molecule has 0 saturated carbocycles. The highest BCUT2D eigenvalue weighted by molar-refractivity contribution is 5.73. The van der Waals surface area contributed by atoms with Gasteiger partial charge in [-0.2, -0.15) is 0 Å². The predicted octanol–water partition coefficient (Wildman–Crippen LogP) is 2.17. The molecular formula is C16H21N5O. The zero-order valence-corrected chi connectivity index (χ0v) is 12.7. The first-order chi connectivity index (χ1) is 10.6. The fourth-order valence-electron chi connectivity index (χ4n) is 2.68. The summed E-state index contributed by atoms with van der Waals surface area (Å²) in [5.74, 6) is 1.21. The highest BCUT2D eigenvalue weighted by atomic mass is 16.3. The van der Waals surface area contributed by atoms with E-state index in [-0.39, 0.29) is 5.75 Å². The molecule has 1 fully saturated rings. The Balaban J connectivity index is 1.95. The van der Waals surface area contributed by atoms with Crippen LogP contribution in [-0.4, -0.2) is 28.4 Å². The van der Waals surface area contributed by atoms with Gasteiger partial charge in [-0.15, -0.1) is 10.2 Å². The van der Waals surface area contributed by atoms with Crippen molar-refractivity contribution in [2.24, 2.45) is 5.92 Å². The first kappa shape index (κ1) is 14.6. The largest absolute Gasteiger partial charge is 0.507 e. The Morgan fingerprint density at radius 2 is 2.14 bits per heavy atom. The van der Waals surface area contributed by atoms with Gasteiger partial charge in [0.25, 0.3) is 0 Å². The quantitative estimate of drug-likeness (QED) is 0.788. The number of nitrogens with zero attached hydrogens (tertiary/aromatic N) is 3. The number of hydrogen-bond donors (Lipinski definition) is 3. The normalized spacial score (nSPS) is 19.0. The number of hydrazine groups is 1. The second-order valence-electron chi connectivity index (χ2n) is 5.78. The molecule has 0 amide bonds. The summed E-state index contributed by atoms with van der Waals surface area (Å²) in [6.07, 6.45) is 2.29. The van der Waals surface area contributed by atoms with Crippen molar-refractivity contribution in [1.29, 1.82) is 0 Å². The van der Waals surface area contributed by atoms with E-state index in [4.69, 9.17) is 5.73 Å². The van der Waals surface area contributed by atoms with Gasteiger partial charge in [0.15, 0.2) is 5.82 Å². The molecule has 0 spiro atoms. The molecule has 1 aliphatic heterocycles. The zero-order valence-electron chi connectivity index (χ0n) is 12.7. The van der Waals surface area contributed by atoms with Crippen molar-refractivity contribution in [1.82, 2.24) is 15.6 Å². The number of anilines is 2. The molecule has 6 heteroatoms. The molecule has 0 bridgehead atoms. The number of aromatic hydroxyl groups is 1. The summed E-state index contributed by atoms with van der Waals surface area (Å²) in [7, 11) is 0. The molecule has 2 aromatic rings. The fraction of sp³-hybridized carbons (Fsp3) is 0.375. The van der Waals surface area contributed by atoms with Crippen LogP contribution in [0.3, 0.4) is 0 Å². The lowest BCUT2D eigenvalue weighted by atomic mass is 10.1. The molecule has 116 valence electrons. The van der Waals surface area contributed by atoms with Gasteiger partial charge in [0, 0.05) is 18.7 Å². The van der Waals surface area contributed by atoms with Crippen LogP contribution in [0, 0.1) is 5.92 Å². The SMILES string of the molecule is CC1CCCN(c2cc(-c3ccccc3O)nnc2N)NC1. The summed E-state index contributed by atoms with van der Waals surface area (Å²) in [5.41, 5.74) is 11.5. The zero-order chi connectivity index (χ0) is 15.5. The van der Waals surface area contributed by atoms with Crippen LogP contribution < -0.4 is 16.2 Å². The van der Waals surface area contributed by atoms with Crippen LogP contribution in [0.15, 0.2) is 30.3 Å². The number of para-hydroxylation sites is 1. The van der Waals surface area contributed by atoms with Gasteiger partial charge < -0.3 is 15.8 Å². The molecule has 1 saturated heterocycles. The maximum Gasteiger partial charge on any atom is 0.171 e. The van der Waals surface area contributed by atoms with E-state index in [1.807, 2.05) is 23.2 Å². The molecule has 4 N–H and O–H groups in total. The number of benzene rings is 1. The molecule has 1 unspecified atom stereocenters. The average molecular weight is 299 g/mol. The van der Waals surface area contributed by atoms with Gasteiger partial charge in [-0.25, -0.2) is 5.43 Å². The van der Waals surface area contributed by atoms with Gasteiger partial charge >= 0.3 is 0 Å². The molecule has 0 aliphatic carbocycles. The standard InChI is InChI=1S/C16H21N5O/c1-11-5-4-8-21(18-10-11)14-9-13(19-20-16(14)17)12-6-2-3-7-15(12)22/h2-3,6-7,9,11,18,22H,4-5,8,10H2,1H3,(H2,17,20). The molecule has 22 heavy (non-hydrogen) atoms. The molecule has 1 aromatic carbocycles. The number of aromatic nitrogens is 2. The lowest BCUT2D eigenvalue weighted by Gasteiger charge is -2.24. The first-order valence-electron chi connectivity index (χ1n) is 7.58. The molecule has 1 atom stereocenters. The Labute approximate surface area is 129 Å². The Bertz CT molecular complexity index is 661. The third-order valence-corrected chi connectivity index (χ3v) is 3.98. The van der Waals surface area contributed by atoms with E-state index in [0.717, 1.165) is 25.2 Å². The first-order valence-corrected chi connectivity index (χ1v) is 7.58. The maximum absolute atomic E-state index is 9.99. The van der Waals surface area contributed by atoms with Gasteiger partial charge in [0.2, 0.25) is 0 Å². The van der Waals surface area contributed by atoms with Crippen molar-refractivity contribution in [2.45, 2.75) is 19.8 Å². The number of phenolic OH excluding ortho intramolecular Hbond substituents is 1. The fourth-order valence-corrected chi connectivity index (χ4v) is 2.68. The number of rotatable bonds is 2. The lowest BCUT2D eigenvalue weighted by Crippen LogP contribution is -2.39. The van der Waals surface area contributed by atoms with E-state index in [0.29, 0.717) is 23.0 Å². The van der Waals surface area contributed by atoms with Crippen molar-refractivity contribution in [2.75, 3.05) is 23.8 Å². The Morgan fingerprint density at radius 1 is 1.32 bits per heavy atom. The topological polar surface area (TPSA) is 87.3 Å². The third-order valence-electron chi connectivity index (χ3n) is 3.98. The van der Waals surface area contributed by atoms with Crippen LogP contribution >= 0.6 is 0 Å². The minimum Gasteiger partial charge on any atom is -0.507 e. The van der Waals surface area contributed by atoms with E-state index >= 15 is 0 Å². The minimum atomic E-state index is 0.185. The molecule has 1 aliphatic rings. The highest BCUT2D eigenvalue weighted by Crippen LogP contribution is 2.31. The average Bonchev–Trinajstić information content (AvgIpc) is 2.73. The van der Waals surface area contributed by atoms with Gasteiger partial charge in [0.05, 0.1) is 11.4 Å². The lowest BCUT2D eigenvalue weighted by molar-refractivity contribution is 0.477. The van der Waals surface area contributed by atoms with Gasteiger partial charge in [-0.3, -0.25) is 0 Å². The van der Waals surface area contributed by atoms with Crippen LogP contribution in [0.2, 0.25) is 0 Å². The molecular weight excluding hydrogens is 278 g/mol. The molecule has 0 radical (unpaired) electrons. The number of nitrogens with two attached hydrogens (primary N) is 1. The second kappa shape index (κ2) is 6.19.